The van der Waals surface area contributed by atoms with Crippen LogP contribution in [0.15, 0.2) is 24.3 Å². The highest BCUT2D eigenvalue weighted by Gasteiger charge is 2.33. The Kier molecular flexibility index (Phi) is 9.28. The molecule has 10 heteroatoms. The predicted molar refractivity (Wildman–Crippen MR) is 103 cm³/mol. The van der Waals surface area contributed by atoms with E-state index in [-0.39, 0.29) is 18.0 Å². The third-order valence-corrected chi connectivity index (χ3v) is 5.07. The predicted octanol–water partition coefficient (Wildman–Crippen LogP) is 3.20. The van der Waals surface area contributed by atoms with Gasteiger partial charge >= 0.3 is 18.1 Å². The van der Waals surface area contributed by atoms with Gasteiger partial charge in [0.05, 0.1) is 5.56 Å². The van der Waals surface area contributed by atoms with E-state index in [4.69, 9.17) is 19.8 Å². The number of amides is 1. The number of rotatable bonds is 3. The maximum atomic E-state index is 12.7. The largest absolute Gasteiger partial charge is 0.473 e. The molecule has 168 valence electrons. The molecule has 0 aromatic heterocycles. The minimum absolute atomic E-state index is 0.0808. The second-order valence-corrected chi connectivity index (χ2v) is 7.34. The number of benzene rings is 1. The first kappa shape index (κ1) is 25.4. The molecule has 1 aliphatic carbocycles. The van der Waals surface area contributed by atoms with Crippen LogP contribution in [-0.2, 0) is 15.8 Å². The second-order valence-electron chi connectivity index (χ2n) is 7.34. The van der Waals surface area contributed by atoms with E-state index in [2.05, 4.69) is 4.90 Å². The van der Waals surface area contributed by atoms with Crippen LogP contribution in [0.5, 0.6) is 0 Å². The first-order valence-electron chi connectivity index (χ1n) is 9.43. The first-order chi connectivity index (χ1) is 13.9. The SMILES string of the molecule is CN(C)C1CCCCCC1N(C)C(=O)c1ccc(C(F)(F)F)cc1.O=C(O)C(=O)O. The summed E-state index contributed by atoms with van der Waals surface area (Å²) in [6.45, 7) is 0. The Morgan fingerprint density at radius 1 is 0.867 bits per heavy atom. The second kappa shape index (κ2) is 11.0. The first-order valence-corrected chi connectivity index (χ1v) is 9.43. The van der Waals surface area contributed by atoms with Crippen LogP contribution in [0.4, 0.5) is 13.2 Å². The summed E-state index contributed by atoms with van der Waals surface area (Å²) in [5.41, 5.74) is -0.436. The van der Waals surface area contributed by atoms with Crippen molar-refractivity contribution in [3.63, 3.8) is 0 Å². The van der Waals surface area contributed by atoms with Gasteiger partial charge in [0.1, 0.15) is 0 Å². The van der Waals surface area contributed by atoms with Crippen molar-refractivity contribution >= 4 is 17.8 Å². The van der Waals surface area contributed by atoms with Crippen molar-refractivity contribution < 1.29 is 37.8 Å². The quantitative estimate of drug-likeness (QED) is 0.562. The Hall–Kier alpha value is -2.62. The van der Waals surface area contributed by atoms with Crippen LogP contribution >= 0.6 is 0 Å². The summed E-state index contributed by atoms with van der Waals surface area (Å²) in [6.07, 6.45) is 0.934. The molecule has 2 atom stereocenters. The lowest BCUT2D eigenvalue weighted by molar-refractivity contribution is -0.159. The van der Waals surface area contributed by atoms with Gasteiger partial charge in [-0.15, -0.1) is 0 Å². The van der Waals surface area contributed by atoms with E-state index in [1.807, 2.05) is 14.1 Å². The Morgan fingerprint density at radius 2 is 1.33 bits per heavy atom. The number of hydrogen-bond donors (Lipinski definition) is 2. The fraction of sp³-hybridized carbons (Fsp3) is 0.550. The van der Waals surface area contributed by atoms with Crippen molar-refractivity contribution in [3.05, 3.63) is 35.4 Å². The number of nitrogens with zero attached hydrogens (tertiary/aromatic N) is 2. The molecular weight excluding hydrogens is 405 g/mol. The average Bonchev–Trinajstić information content (AvgIpc) is 2.93. The third-order valence-electron chi connectivity index (χ3n) is 5.07. The lowest BCUT2D eigenvalue weighted by Crippen LogP contribution is -2.49. The van der Waals surface area contributed by atoms with Gasteiger partial charge in [-0.3, -0.25) is 4.79 Å². The van der Waals surface area contributed by atoms with E-state index in [0.29, 0.717) is 5.56 Å². The monoisotopic (exact) mass is 432 g/mol. The van der Waals surface area contributed by atoms with E-state index < -0.39 is 23.7 Å². The molecule has 7 nitrogen and oxygen atoms in total. The van der Waals surface area contributed by atoms with Gasteiger partial charge in [-0.1, -0.05) is 19.3 Å². The smallest absolute Gasteiger partial charge is 0.416 e. The van der Waals surface area contributed by atoms with Crippen LogP contribution in [-0.4, -0.2) is 71.1 Å². The molecule has 1 aromatic carbocycles. The van der Waals surface area contributed by atoms with Crippen molar-refractivity contribution in [2.45, 2.75) is 50.4 Å². The van der Waals surface area contributed by atoms with Crippen molar-refractivity contribution in [2.75, 3.05) is 21.1 Å². The molecule has 0 saturated heterocycles. The van der Waals surface area contributed by atoms with Crippen molar-refractivity contribution in [1.82, 2.24) is 9.80 Å². The number of halogens is 3. The Morgan fingerprint density at radius 3 is 1.73 bits per heavy atom. The van der Waals surface area contributed by atoms with Gasteiger partial charge in [0.15, 0.2) is 0 Å². The molecule has 1 aromatic rings. The summed E-state index contributed by atoms with van der Waals surface area (Å²) in [6, 6.07) is 4.83. The zero-order valence-corrected chi connectivity index (χ0v) is 17.1. The normalized spacial score (nSPS) is 19.3. The summed E-state index contributed by atoms with van der Waals surface area (Å²) in [5, 5.41) is 14.8. The Labute approximate surface area is 173 Å². The van der Waals surface area contributed by atoms with Crippen molar-refractivity contribution in [1.29, 1.82) is 0 Å². The van der Waals surface area contributed by atoms with Gasteiger partial charge in [-0.05, 0) is 51.2 Å². The van der Waals surface area contributed by atoms with Gasteiger partial charge in [0.2, 0.25) is 0 Å². The van der Waals surface area contributed by atoms with Gasteiger partial charge in [0.25, 0.3) is 5.91 Å². The van der Waals surface area contributed by atoms with Gasteiger partial charge in [0, 0.05) is 24.7 Å². The summed E-state index contributed by atoms with van der Waals surface area (Å²) in [4.78, 5) is 34.8. The molecule has 1 saturated carbocycles. The number of alkyl halides is 3. The maximum absolute atomic E-state index is 12.7. The van der Waals surface area contributed by atoms with E-state index in [1.165, 1.54) is 12.1 Å². The minimum Gasteiger partial charge on any atom is -0.473 e. The fourth-order valence-corrected chi connectivity index (χ4v) is 3.48. The number of carboxylic acids is 2. The van der Waals surface area contributed by atoms with E-state index in [1.54, 1.807) is 11.9 Å². The average molecular weight is 432 g/mol. The lowest BCUT2D eigenvalue weighted by atomic mass is 9.99. The molecule has 0 aliphatic heterocycles. The maximum Gasteiger partial charge on any atom is 0.416 e. The fourth-order valence-electron chi connectivity index (χ4n) is 3.48. The highest BCUT2D eigenvalue weighted by molar-refractivity contribution is 6.27. The van der Waals surface area contributed by atoms with Crippen LogP contribution in [0.2, 0.25) is 0 Å². The molecule has 2 N–H and O–H groups in total. The third kappa shape index (κ3) is 7.33. The van der Waals surface area contributed by atoms with Gasteiger partial charge in [-0.2, -0.15) is 13.2 Å². The number of carbonyl (C=O) groups excluding carboxylic acids is 1. The zero-order valence-electron chi connectivity index (χ0n) is 17.1. The summed E-state index contributed by atoms with van der Waals surface area (Å²) in [7, 11) is 5.78. The van der Waals surface area contributed by atoms with E-state index in [0.717, 1.165) is 44.2 Å². The van der Waals surface area contributed by atoms with E-state index >= 15 is 0 Å². The molecule has 2 rings (SSSR count). The molecule has 30 heavy (non-hydrogen) atoms. The number of aliphatic carboxylic acids is 2. The highest BCUT2D eigenvalue weighted by atomic mass is 19.4. The molecule has 1 aliphatic rings. The Balaban J connectivity index is 0.000000656. The van der Waals surface area contributed by atoms with Crippen LogP contribution in [0, 0.1) is 0 Å². The Bertz CT molecular complexity index is 723. The molecule has 2 unspecified atom stereocenters. The van der Waals surface area contributed by atoms with Gasteiger partial charge in [-0.25, -0.2) is 9.59 Å². The van der Waals surface area contributed by atoms with Gasteiger partial charge < -0.3 is 20.0 Å². The van der Waals surface area contributed by atoms with E-state index in [9.17, 15) is 18.0 Å². The number of carboxylic acid groups (broad SMARTS) is 2. The molecule has 1 fully saturated rings. The van der Waals surface area contributed by atoms with Crippen molar-refractivity contribution in [3.8, 4) is 0 Å². The van der Waals surface area contributed by atoms with Crippen LogP contribution in [0.1, 0.15) is 48.0 Å². The highest BCUT2D eigenvalue weighted by Crippen LogP contribution is 2.30. The summed E-state index contributed by atoms with van der Waals surface area (Å²) < 4.78 is 38.0. The molecule has 0 heterocycles. The van der Waals surface area contributed by atoms with Crippen LogP contribution < -0.4 is 0 Å². The standard InChI is InChI=1S/C18H25F3N2O.C2H2O4/c1-22(2)15-7-5-4-6-8-16(15)23(3)17(24)13-9-11-14(12-10-13)18(19,20)21;3-1(4)2(5)6/h9-12,15-16H,4-8H2,1-3H3;(H,3,4)(H,5,6). The summed E-state index contributed by atoms with van der Waals surface area (Å²) in [5.74, 6) is -3.87. The lowest BCUT2D eigenvalue weighted by Gasteiger charge is -2.37. The molecule has 0 spiro atoms. The van der Waals surface area contributed by atoms with Crippen LogP contribution in [0.3, 0.4) is 0 Å². The van der Waals surface area contributed by atoms with Crippen LogP contribution in [0.25, 0.3) is 0 Å². The minimum atomic E-state index is -4.38. The molecule has 1 amide bonds. The summed E-state index contributed by atoms with van der Waals surface area (Å²) >= 11 is 0. The topological polar surface area (TPSA) is 98.2 Å². The zero-order chi connectivity index (χ0) is 23.1. The molecule has 0 radical (unpaired) electrons. The van der Waals surface area contributed by atoms with Crippen molar-refractivity contribution in [2.24, 2.45) is 0 Å². The molecular formula is C20H27F3N2O5. The number of carbonyl (C=O) groups is 3. The molecule has 0 bridgehead atoms. The number of likely N-dealkylation sites (N-methyl/N-ethyl adjacent to an activating group) is 2. The number of hydrogen-bond acceptors (Lipinski definition) is 4.